The molecule has 0 unspecified atom stereocenters. The van der Waals surface area contributed by atoms with E-state index in [4.69, 9.17) is 10.5 Å². The summed E-state index contributed by atoms with van der Waals surface area (Å²) in [5.41, 5.74) is 7.93. The standard InChI is InChI=1S/C14H17N3O2/c1-9-12(10-4-2-3-5-11(10)16-9)17-13(18)14(6-15)7-19-8-14/h2-5,16H,6-8,15H2,1H3,(H,17,18). The Bertz CT molecular complexity index is 623. The van der Waals surface area contributed by atoms with Gasteiger partial charge in [-0.3, -0.25) is 4.79 Å². The van der Waals surface area contributed by atoms with Gasteiger partial charge in [-0.2, -0.15) is 0 Å². The number of aryl methyl sites for hydroxylation is 1. The van der Waals surface area contributed by atoms with Crippen molar-refractivity contribution < 1.29 is 9.53 Å². The van der Waals surface area contributed by atoms with Crippen molar-refractivity contribution in [1.82, 2.24) is 4.98 Å². The van der Waals surface area contributed by atoms with Crippen LogP contribution in [0.25, 0.3) is 10.9 Å². The SMILES string of the molecule is Cc1[nH]c2ccccc2c1NC(=O)C1(CN)COC1. The molecule has 5 heteroatoms. The molecular formula is C14H17N3O2. The van der Waals surface area contributed by atoms with Crippen molar-refractivity contribution in [2.45, 2.75) is 6.92 Å². The maximum absolute atomic E-state index is 12.4. The summed E-state index contributed by atoms with van der Waals surface area (Å²) in [6.45, 7) is 3.05. The number of amides is 1. The first kappa shape index (κ1) is 12.2. The molecule has 0 atom stereocenters. The van der Waals surface area contributed by atoms with E-state index in [-0.39, 0.29) is 5.91 Å². The van der Waals surface area contributed by atoms with Crippen molar-refractivity contribution in [2.75, 3.05) is 25.1 Å². The highest BCUT2D eigenvalue weighted by Crippen LogP contribution is 2.31. The number of ether oxygens (including phenoxy) is 1. The number of hydrogen-bond donors (Lipinski definition) is 3. The third-order valence-corrected chi connectivity index (χ3v) is 3.76. The number of benzene rings is 1. The molecule has 1 aliphatic heterocycles. The van der Waals surface area contributed by atoms with E-state index in [0.717, 1.165) is 22.3 Å². The summed E-state index contributed by atoms with van der Waals surface area (Å²) in [6.07, 6.45) is 0. The summed E-state index contributed by atoms with van der Waals surface area (Å²) in [5.74, 6) is -0.0610. The lowest BCUT2D eigenvalue weighted by molar-refractivity contribution is -0.153. The van der Waals surface area contributed by atoms with Crippen LogP contribution >= 0.6 is 0 Å². The third kappa shape index (κ3) is 1.82. The van der Waals surface area contributed by atoms with Gasteiger partial charge in [0, 0.05) is 23.1 Å². The van der Waals surface area contributed by atoms with E-state index in [2.05, 4.69) is 10.3 Å². The van der Waals surface area contributed by atoms with Crippen LogP contribution in [-0.4, -0.2) is 30.6 Å². The Morgan fingerprint density at radius 2 is 2.21 bits per heavy atom. The Morgan fingerprint density at radius 1 is 1.47 bits per heavy atom. The van der Waals surface area contributed by atoms with Gasteiger partial charge in [0.15, 0.2) is 0 Å². The summed E-state index contributed by atoms with van der Waals surface area (Å²) in [7, 11) is 0. The minimum Gasteiger partial charge on any atom is -0.379 e. The second kappa shape index (κ2) is 4.36. The Balaban J connectivity index is 1.93. The molecule has 4 N–H and O–H groups in total. The number of aromatic nitrogens is 1. The minimum absolute atomic E-state index is 0.0610. The fourth-order valence-electron chi connectivity index (χ4n) is 2.37. The van der Waals surface area contributed by atoms with Gasteiger partial charge < -0.3 is 20.8 Å². The molecule has 0 bridgehead atoms. The smallest absolute Gasteiger partial charge is 0.236 e. The highest BCUT2D eigenvalue weighted by atomic mass is 16.5. The van der Waals surface area contributed by atoms with Crippen molar-refractivity contribution in [3.05, 3.63) is 30.0 Å². The van der Waals surface area contributed by atoms with E-state index in [1.807, 2.05) is 31.2 Å². The maximum atomic E-state index is 12.4. The number of fused-ring (bicyclic) bond motifs is 1. The van der Waals surface area contributed by atoms with Crippen molar-refractivity contribution in [2.24, 2.45) is 11.1 Å². The molecule has 0 radical (unpaired) electrons. The number of carbonyl (C=O) groups is 1. The van der Waals surface area contributed by atoms with Crippen LogP contribution in [0.4, 0.5) is 5.69 Å². The quantitative estimate of drug-likeness (QED) is 0.779. The molecule has 100 valence electrons. The molecular weight excluding hydrogens is 242 g/mol. The average molecular weight is 259 g/mol. The van der Waals surface area contributed by atoms with Gasteiger partial charge in [0.25, 0.3) is 0 Å². The van der Waals surface area contributed by atoms with Crippen LogP contribution in [0, 0.1) is 12.3 Å². The fourth-order valence-corrected chi connectivity index (χ4v) is 2.37. The van der Waals surface area contributed by atoms with Gasteiger partial charge in [0.1, 0.15) is 5.41 Å². The first-order valence-electron chi connectivity index (χ1n) is 6.33. The molecule has 1 aromatic heterocycles. The van der Waals surface area contributed by atoms with Crippen molar-refractivity contribution in [3.8, 4) is 0 Å². The molecule has 19 heavy (non-hydrogen) atoms. The molecule has 0 aliphatic carbocycles. The van der Waals surface area contributed by atoms with Crippen LogP contribution in [0.5, 0.6) is 0 Å². The number of rotatable bonds is 3. The zero-order chi connectivity index (χ0) is 13.5. The molecule has 0 saturated carbocycles. The third-order valence-electron chi connectivity index (χ3n) is 3.76. The number of carbonyl (C=O) groups excluding carboxylic acids is 1. The zero-order valence-electron chi connectivity index (χ0n) is 10.8. The number of para-hydroxylation sites is 1. The van der Waals surface area contributed by atoms with Crippen LogP contribution in [0.1, 0.15) is 5.69 Å². The number of hydrogen-bond acceptors (Lipinski definition) is 3. The van der Waals surface area contributed by atoms with E-state index >= 15 is 0 Å². The monoisotopic (exact) mass is 259 g/mol. The second-order valence-corrected chi connectivity index (χ2v) is 5.10. The van der Waals surface area contributed by atoms with Crippen molar-refractivity contribution in [1.29, 1.82) is 0 Å². The highest BCUT2D eigenvalue weighted by Gasteiger charge is 2.45. The zero-order valence-corrected chi connectivity index (χ0v) is 10.8. The van der Waals surface area contributed by atoms with Crippen molar-refractivity contribution >= 4 is 22.5 Å². The molecule has 1 saturated heterocycles. The number of aromatic amines is 1. The Morgan fingerprint density at radius 3 is 2.84 bits per heavy atom. The van der Waals surface area contributed by atoms with Crippen LogP contribution in [0.15, 0.2) is 24.3 Å². The Kier molecular flexibility index (Phi) is 2.80. The minimum atomic E-state index is -0.565. The van der Waals surface area contributed by atoms with Crippen molar-refractivity contribution in [3.63, 3.8) is 0 Å². The van der Waals surface area contributed by atoms with Gasteiger partial charge in [-0.15, -0.1) is 0 Å². The van der Waals surface area contributed by atoms with Gasteiger partial charge >= 0.3 is 0 Å². The van der Waals surface area contributed by atoms with Gasteiger partial charge in [-0.1, -0.05) is 18.2 Å². The van der Waals surface area contributed by atoms with Gasteiger partial charge in [-0.05, 0) is 13.0 Å². The number of H-pyrrole nitrogens is 1. The topological polar surface area (TPSA) is 80.1 Å². The van der Waals surface area contributed by atoms with Gasteiger partial charge in [0.2, 0.25) is 5.91 Å². The summed E-state index contributed by atoms with van der Waals surface area (Å²) in [5, 5.41) is 4.01. The largest absolute Gasteiger partial charge is 0.379 e. The summed E-state index contributed by atoms with van der Waals surface area (Å²) in [6, 6.07) is 7.89. The molecule has 3 rings (SSSR count). The molecule has 1 aliphatic rings. The van der Waals surface area contributed by atoms with Crippen LogP contribution in [0.2, 0.25) is 0 Å². The molecule has 1 fully saturated rings. The second-order valence-electron chi connectivity index (χ2n) is 5.10. The van der Waals surface area contributed by atoms with Gasteiger partial charge in [0.05, 0.1) is 18.9 Å². The lowest BCUT2D eigenvalue weighted by atomic mass is 9.85. The number of anilines is 1. The predicted octanol–water partition coefficient (Wildman–Crippen LogP) is 1.39. The van der Waals surface area contributed by atoms with Crippen LogP contribution < -0.4 is 11.1 Å². The normalized spacial score (nSPS) is 17.2. The van der Waals surface area contributed by atoms with E-state index in [1.165, 1.54) is 0 Å². The van der Waals surface area contributed by atoms with Crippen LogP contribution in [0.3, 0.4) is 0 Å². The summed E-state index contributed by atoms with van der Waals surface area (Å²) < 4.78 is 5.14. The van der Waals surface area contributed by atoms with E-state index in [9.17, 15) is 4.79 Å². The number of nitrogens with two attached hydrogens (primary N) is 1. The average Bonchev–Trinajstić information content (AvgIpc) is 2.66. The maximum Gasteiger partial charge on any atom is 0.236 e. The number of nitrogens with one attached hydrogen (secondary N) is 2. The van der Waals surface area contributed by atoms with Gasteiger partial charge in [-0.25, -0.2) is 0 Å². The summed E-state index contributed by atoms with van der Waals surface area (Å²) in [4.78, 5) is 15.6. The molecule has 0 spiro atoms. The molecule has 1 aromatic carbocycles. The highest BCUT2D eigenvalue weighted by molar-refractivity contribution is 6.05. The molecule has 2 heterocycles. The first-order valence-corrected chi connectivity index (χ1v) is 6.33. The molecule has 1 amide bonds. The first-order chi connectivity index (χ1) is 9.16. The van der Waals surface area contributed by atoms with Crippen LogP contribution in [-0.2, 0) is 9.53 Å². The fraction of sp³-hybridized carbons (Fsp3) is 0.357. The lowest BCUT2D eigenvalue weighted by Gasteiger charge is -2.38. The predicted molar refractivity (Wildman–Crippen MR) is 74.0 cm³/mol. The Hall–Kier alpha value is -1.85. The molecule has 2 aromatic rings. The van der Waals surface area contributed by atoms with E-state index in [0.29, 0.717) is 19.8 Å². The summed E-state index contributed by atoms with van der Waals surface area (Å²) >= 11 is 0. The molecule has 5 nitrogen and oxygen atoms in total. The lowest BCUT2D eigenvalue weighted by Crippen LogP contribution is -2.56. The Labute approximate surface area is 111 Å². The van der Waals surface area contributed by atoms with E-state index in [1.54, 1.807) is 0 Å². The van der Waals surface area contributed by atoms with E-state index < -0.39 is 5.41 Å².